The topological polar surface area (TPSA) is 131 Å². The van der Waals surface area contributed by atoms with E-state index in [4.69, 9.17) is 4.74 Å². The first-order valence-electron chi connectivity index (χ1n) is 10.5. The fourth-order valence-electron chi connectivity index (χ4n) is 3.99. The van der Waals surface area contributed by atoms with Crippen LogP contribution in [0.5, 0.6) is 0 Å². The summed E-state index contributed by atoms with van der Waals surface area (Å²) in [5, 5.41) is 15.1. The molecule has 3 heterocycles. The summed E-state index contributed by atoms with van der Waals surface area (Å²) in [6, 6.07) is -2.22. The Morgan fingerprint density at radius 3 is 2.54 bits per heavy atom. The van der Waals surface area contributed by atoms with Gasteiger partial charge in [-0.3, -0.25) is 24.0 Å². The lowest BCUT2D eigenvalue weighted by molar-refractivity contribution is -0.151. The van der Waals surface area contributed by atoms with Crippen LogP contribution in [0.1, 0.15) is 50.0 Å². The van der Waals surface area contributed by atoms with Gasteiger partial charge in [0, 0.05) is 24.2 Å². The number of ether oxygens (including phenoxy) is 1. The molecular weight excluding hydrogens is 561 g/mol. The number of nitrogens with zero attached hydrogens (tertiary/aromatic N) is 3. The number of aliphatic carboxylic acids is 1. The van der Waals surface area contributed by atoms with E-state index in [1.54, 1.807) is 0 Å². The van der Waals surface area contributed by atoms with Gasteiger partial charge in [-0.2, -0.15) is 18.3 Å². The predicted octanol–water partition coefficient (Wildman–Crippen LogP) is 2.40. The molecule has 0 unspecified atom stereocenters. The van der Waals surface area contributed by atoms with E-state index in [0.717, 1.165) is 9.58 Å². The van der Waals surface area contributed by atoms with E-state index in [-0.39, 0.29) is 39.7 Å². The highest BCUT2D eigenvalue weighted by Crippen LogP contribution is 2.48. The molecule has 2 fully saturated rings. The summed E-state index contributed by atoms with van der Waals surface area (Å²) in [5.41, 5.74) is -0.903. The van der Waals surface area contributed by atoms with Crippen molar-refractivity contribution >= 4 is 51.4 Å². The molecule has 0 aromatic carbocycles. The smallest absolute Gasteiger partial charge is 0.436 e. The van der Waals surface area contributed by atoms with Crippen LogP contribution in [-0.4, -0.2) is 67.3 Å². The van der Waals surface area contributed by atoms with E-state index in [1.165, 1.54) is 25.6 Å². The van der Waals surface area contributed by atoms with Crippen LogP contribution in [0, 0.1) is 0 Å². The van der Waals surface area contributed by atoms with Gasteiger partial charge in [-0.1, -0.05) is 0 Å². The minimum absolute atomic E-state index is 0.151. The van der Waals surface area contributed by atoms with Crippen molar-refractivity contribution in [2.24, 2.45) is 0 Å². The van der Waals surface area contributed by atoms with Gasteiger partial charge in [-0.15, -0.1) is 11.8 Å². The maximum absolute atomic E-state index is 13.4. The molecule has 0 radical (unpaired) electrons. The van der Waals surface area contributed by atoms with Crippen molar-refractivity contribution in [2.45, 2.75) is 56.2 Å². The lowest BCUT2D eigenvalue weighted by Crippen LogP contribution is -2.71. The van der Waals surface area contributed by atoms with Gasteiger partial charge in [0.1, 0.15) is 29.8 Å². The van der Waals surface area contributed by atoms with E-state index in [9.17, 15) is 37.5 Å². The van der Waals surface area contributed by atoms with Crippen LogP contribution in [-0.2, 0) is 30.1 Å². The van der Waals surface area contributed by atoms with Gasteiger partial charge >= 0.3 is 18.1 Å². The van der Waals surface area contributed by atoms with Gasteiger partial charge in [0.05, 0.1) is 10.2 Å². The van der Waals surface area contributed by atoms with Gasteiger partial charge in [-0.25, -0.2) is 4.79 Å². The van der Waals surface area contributed by atoms with E-state index < -0.39 is 53.1 Å². The molecule has 1 saturated heterocycles. The van der Waals surface area contributed by atoms with Crippen LogP contribution in [0.15, 0.2) is 15.7 Å². The number of nitrogens with one attached hydrogen (secondary N) is 1. The number of hydrogen-bond donors (Lipinski definition) is 2. The predicted molar refractivity (Wildman–Crippen MR) is 118 cm³/mol. The minimum atomic E-state index is -4.71. The summed E-state index contributed by atoms with van der Waals surface area (Å²) >= 11 is 4.17. The molecule has 3 aliphatic rings. The standard InChI is InChI=1S/C20H20BrF3N4O6S/c1-7(28-13(9-3-4-9)11(21)15(26-28)20(22,23)24)16(30)25-12-17(31)27-14(19(32)33)10(5-34-8(2)29)6-35-18(12)27/h7,9,12,18H,3-6H2,1-2H3,(H,25,30)(H,32,33)/t7-,12-,18-/m0/s1. The first-order chi connectivity index (χ1) is 16.3. The maximum atomic E-state index is 13.4. The molecule has 2 amide bonds. The minimum Gasteiger partial charge on any atom is -0.477 e. The van der Waals surface area contributed by atoms with Crippen LogP contribution < -0.4 is 5.32 Å². The SMILES string of the molecule is CC(=O)OCC1=C(C(=O)O)N2C(=O)[C@H](NC(=O)[C@H](C)n3nc(C(F)(F)F)c(Br)c3C3CC3)[C@@H]2SC1. The molecule has 1 aromatic heterocycles. The molecule has 10 nitrogen and oxygen atoms in total. The Morgan fingerprint density at radius 2 is 2.00 bits per heavy atom. The molecule has 0 bridgehead atoms. The second-order valence-electron chi connectivity index (χ2n) is 8.37. The third kappa shape index (κ3) is 4.67. The number of esters is 1. The highest BCUT2D eigenvalue weighted by Gasteiger charge is 2.54. The number of amides is 2. The molecule has 2 aliphatic heterocycles. The summed E-state index contributed by atoms with van der Waals surface area (Å²) < 4.78 is 45.9. The van der Waals surface area contributed by atoms with Crippen LogP contribution in [0.3, 0.4) is 0 Å². The third-order valence-corrected chi connectivity index (χ3v) is 7.98. The Balaban J connectivity index is 1.52. The Bertz CT molecular complexity index is 1150. The number of fused-ring (bicyclic) bond motifs is 1. The van der Waals surface area contributed by atoms with E-state index >= 15 is 0 Å². The summed E-state index contributed by atoms with van der Waals surface area (Å²) in [6.45, 7) is 2.27. The number of carboxylic acid groups (broad SMARTS) is 1. The second kappa shape index (κ2) is 9.15. The van der Waals surface area contributed by atoms with Crippen molar-refractivity contribution in [2.75, 3.05) is 12.4 Å². The molecule has 190 valence electrons. The second-order valence-corrected chi connectivity index (χ2v) is 10.3. The number of alkyl halides is 3. The van der Waals surface area contributed by atoms with E-state index in [1.807, 2.05) is 0 Å². The number of thioether (sulfide) groups is 1. The van der Waals surface area contributed by atoms with Crippen molar-refractivity contribution in [3.05, 3.63) is 27.1 Å². The largest absolute Gasteiger partial charge is 0.477 e. The molecule has 15 heteroatoms. The van der Waals surface area contributed by atoms with E-state index in [2.05, 4.69) is 26.3 Å². The molecule has 1 saturated carbocycles. The highest BCUT2D eigenvalue weighted by molar-refractivity contribution is 9.10. The van der Waals surface area contributed by atoms with Crippen LogP contribution in [0.4, 0.5) is 13.2 Å². The summed E-state index contributed by atoms with van der Waals surface area (Å²) in [5.74, 6) is -3.39. The first kappa shape index (κ1) is 25.5. The average Bonchev–Trinajstić information content (AvgIpc) is 3.54. The summed E-state index contributed by atoms with van der Waals surface area (Å²) in [4.78, 5) is 49.6. The van der Waals surface area contributed by atoms with Crippen LogP contribution in [0.25, 0.3) is 0 Å². The highest BCUT2D eigenvalue weighted by atomic mass is 79.9. The molecular formula is C20H20BrF3N4O6S. The zero-order valence-corrected chi connectivity index (χ0v) is 20.8. The van der Waals surface area contributed by atoms with Crippen LogP contribution >= 0.6 is 27.7 Å². The van der Waals surface area contributed by atoms with Crippen molar-refractivity contribution in [1.82, 2.24) is 20.0 Å². The van der Waals surface area contributed by atoms with Crippen LogP contribution in [0.2, 0.25) is 0 Å². The lowest BCUT2D eigenvalue weighted by atomic mass is 10.0. The molecule has 1 aliphatic carbocycles. The van der Waals surface area contributed by atoms with Gasteiger partial charge < -0.3 is 15.2 Å². The third-order valence-electron chi connectivity index (χ3n) is 5.86. The zero-order valence-electron chi connectivity index (χ0n) is 18.4. The summed E-state index contributed by atoms with van der Waals surface area (Å²) in [6.07, 6.45) is -3.37. The van der Waals surface area contributed by atoms with Crippen molar-refractivity contribution < 1.29 is 42.2 Å². The van der Waals surface area contributed by atoms with Crippen molar-refractivity contribution in [1.29, 1.82) is 0 Å². The molecule has 1 aromatic rings. The number of aromatic nitrogens is 2. The number of carbonyl (C=O) groups excluding carboxylic acids is 3. The first-order valence-corrected chi connectivity index (χ1v) is 12.4. The van der Waals surface area contributed by atoms with Gasteiger partial charge in [0.15, 0.2) is 5.69 Å². The number of β-lactam (4-membered cyclic amide) rings is 1. The number of rotatable bonds is 7. The lowest BCUT2D eigenvalue weighted by Gasteiger charge is -2.49. The van der Waals surface area contributed by atoms with Crippen molar-refractivity contribution in [3.8, 4) is 0 Å². The number of carboxylic acids is 1. The fourth-order valence-corrected chi connectivity index (χ4v) is 6.13. The number of hydrogen-bond acceptors (Lipinski definition) is 7. The fraction of sp³-hybridized carbons (Fsp3) is 0.550. The molecule has 4 rings (SSSR count). The monoisotopic (exact) mass is 580 g/mol. The Labute approximate surface area is 209 Å². The van der Waals surface area contributed by atoms with Gasteiger partial charge in [0.2, 0.25) is 5.91 Å². The summed E-state index contributed by atoms with van der Waals surface area (Å²) in [7, 11) is 0. The molecule has 3 atom stereocenters. The van der Waals surface area contributed by atoms with Crippen molar-refractivity contribution in [3.63, 3.8) is 0 Å². The van der Waals surface area contributed by atoms with E-state index in [0.29, 0.717) is 12.8 Å². The number of carbonyl (C=O) groups is 4. The Morgan fingerprint density at radius 1 is 1.34 bits per heavy atom. The quantitative estimate of drug-likeness (QED) is 0.371. The Hall–Kier alpha value is -2.55. The van der Waals surface area contributed by atoms with Gasteiger partial charge in [0.25, 0.3) is 5.91 Å². The maximum Gasteiger partial charge on any atom is 0.436 e. The normalized spacial score (nSPS) is 22.9. The molecule has 0 spiro atoms. The van der Waals surface area contributed by atoms with Gasteiger partial charge in [-0.05, 0) is 35.7 Å². The molecule has 2 N–H and O–H groups in total. The Kier molecular flexibility index (Phi) is 6.68. The zero-order chi connectivity index (χ0) is 25.8. The molecule has 35 heavy (non-hydrogen) atoms. The average molecular weight is 581 g/mol. The number of halogens is 4.